The summed E-state index contributed by atoms with van der Waals surface area (Å²) in [4.78, 5) is 28.3. The Morgan fingerprint density at radius 3 is 2.48 bits per heavy atom. The van der Waals surface area contributed by atoms with Crippen molar-refractivity contribution in [3.63, 3.8) is 0 Å². The number of para-hydroxylation sites is 2. The van der Waals surface area contributed by atoms with Crippen LogP contribution in [-0.4, -0.2) is 26.8 Å². The fourth-order valence-electron chi connectivity index (χ4n) is 4.33. The molecule has 0 saturated carbocycles. The normalized spacial score (nSPS) is 11.3. The molecule has 0 fully saturated rings. The molecule has 0 aliphatic carbocycles. The van der Waals surface area contributed by atoms with Crippen molar-refractivity contribution in [1.82, 2.24) is 14.3 Å². The first-order valence-corrected chi connectivity index (χ1v) is 11.0. The number of hydrogen-bond donors (Lipinski definition) is 0. The van der Waals surface area contributed by atoms with Crippen LogP contribution >= 0.6 is 0 Å². The van der Waals surface area contributed by atoms with Gasteiger partial charge in [-0.1, -0.05) is 50.2 Å². The Morgan fingerprint density at radius 2 is 1.74 bits per heavy atom. The summed E-state index contributed by atoms with van der Waals surface area (Å²) < 4.78 is 3.35. The monoisotopic (exact) mass is 416 g/mol. The highest BCUT2D eigenvalue weighted by Crippen LogP contribution is 2.26. The van der Waals surface area contributed by atoms with Gasteiger partial charge in [0.15, 0.2) is 0 Å². The molecule has 0 aliphatic rings. The van der Waals surface area contributed by atoms with E-state index >= 15 is 0 Å². The van der Waals surface area contributed by atoms with E-state index in [4.69, 9.17) is 0 Å². The number of fused-ring (bicyclic) bond motifs is 3. The minimum Gasteiger partial charge on any atom is -0.336 e. The third kappa shape index (κ3) is 3.63. The average Bonchev–Trinajstić information content (AvgIpc) is 3.11. The van der Waals surface area contributed by atoms with Gasteiger partial charge in [-0.25, -0.2) is 4.68 Å². The van der Waals surface area contributed by atoms with E-state index in [1.54, 1.807) is 11.1 Å². The number of amides is 1. The third-order valence-electron chi connectivity index (χ3n) is 5.79. The Bertz CT molecular complexity index is 1300. The number of hydrogen-bond acceptors (Lipinski definition) is 3. The molecule has 0 aliphatic heterocycles. The molecule has 0 atom stereocenters. The lowest BCUT2D eigenvalue weighted by atomic mass is 10.1. The summed E-state index contributed by atoms with van der Waals surface area (Å²) in [6.07, 6.45) is 3.46. The van der Waals surface area contributed by atoms with Gasteiger partial charge in [-0.2, -0.15) is 5.10 Å². The van der Waals surface area contributed by atoms with Gasteiger partial charge in [0.1, 0.15) is 12.1 Å². The zero-order valence-electron chi connectivity index (χ0n) is 18.3. The standard InChI is InChI=1S/C25H28N4O2/c1-4-15-28-22-14-10-8-12-19(22)20-16-26-29(25(31)24(20)28)17-23(30)27(6-3)21-13-9-7-11-18(21)5-2/h7-14,16H,4-6,15,17H2,1-3H3. The first-order valence-electron chi connectivity index (χ1n) is 11.0. The number of benzene rings is 2. The minimum atomic E-state index is -0.227. The van der Waals surface area contributed by atoms with Crippen LogP contribution in [0, 0.1) is 0 Å². The second-order valence-electron chi connectivity index (χ2n) is 7.66. The maximum absolute atomic E-state index is 13.4. The molecule has 4 rings (SSSR count). The predicted octanol–water partition coefficient (Wildman–Crippen LogP) is 4.38. The van der Waals surface area contributed by atoms with Crippen molar-refractivity contribution < 1.29 is 4.79 Å². The van der Waals surface area contributed by atoms with E-state index in [9.17, 15) is 9.59 Å². The maximum atomic E-state index is 13.4. The molecule has 0 bridgehead atoms. The van der Waals surface area contributed by atoms with Gasteiger partial charge in [-0.3, -0.25) is 9.59 Å². The Kier molecular flexibility index (Phi) is 5.89. The molecule has 160 valence electrons. The Balaban J connectivity index is 1.77. The number of aromatic nitrogens is 3. The van der Waals surface area contributed by atoms with E-state index in [1.807, 2.05) is 55.5 Å². The van der Waals surface area contributed by atoms with Gasteiger partial charge in [-0.15, -0.1) is 0 Å². The molecule has 2 aromatic carbocycles. The lowest BCUT2D eigenvalue weighted by Crippen LogP contribution is -2.38. The molecule has 2 heterocycles. The Morgan fingerprint density at radius 1 is 1.00 bits per heavy atom. The second kappa shape index (κ2) is 8.76. The summed E-state index contributed by atoms with van der Waals surface area (Å²) in [5.74, 6) is -0.143. The summed E-state index contributed by atoms with van der Waals surface area (Å²) in [6, 6.07) is 15.9. The van der Waals surface area contributed by atoms with Crippen LogP contribution < -0.4 is 10.5 Å². The van der Waals surface area contributed by atoms with Crippen LogP contribution in [0.1, 0.15) is 32.8 Å². The molecule has 0 radical (unpaired) electrons. The van der Waals surface area contributed by atoms with Crippen molar-refractivity contribution in [3.8, 4) is 0 Å². The SMILES string of the molecule is CCCn1c2ccccc2c2cnn(CC(=O)N(CC)c3ccccc3CC)c(=O)c21. The highest BCUT2D eigenvalue weighted by atomic mass is 16.2. The van der Waals surface area contributed by atoms with E-state index in [2.05, 4.69) is 23.5 Å². The molecule has 1 amide bonds. The van der Waals surface area contributed by atoms with Crippen molar-refractivity contribution in [2.75, 3.05) is 11.4 Å². The molecule has 0 N–H and O–H groups in total. The average molecular weight is 417 g/mol. The van der Waals surface area contributed by atoms with Gasteiger partial charge in [0.25, 0.3) is 5.56 Å². The Hall–Kier alpha value is -3.41. The van der Waals surface area contributed by atoms with Gasteiger partial charge >= 0.3 is 0 Å². The lowest BCUT2D eigenvalue weighted by Gasteiger charge is -2.23. The highest BCUT2D eigenvalue weighted by Gasteiger charge is 2.20. The molecule has 0 unspecified atom stereocenters. The van der Waals surface area contributed by atoms with E-state index in [-0.39, 0.29) is 18.0 Å². The van der Waals surface area contributed by atoms with Crippen LogP contribution in [0.4, 0.5) is 5.69 Å². The predicted molar refractivity (Wildman–Crippen MR) is 126 cm³/mol. The number of rotatable bonds is 7. The van der Waals surface area contributed by atoms with Gasteiger partial charge in [0, 0.05) is 35.1 Å². The summed E-state index contributed by atoms with van der Waals surface area (Å²) in [5, 5.41) is 6.22. The van der Waals surface area contributed by atoms with Crippen molar-refractivity contribution in [3.05, 3.63) is 70.6 Å². The fraction of sp³-hybridized carbons (Fsp3) is 0.320. The van der Waals surface area contributed by atoms with Gasteiger partial charge in [-0.05, 0) is 37.5 Å². The minimum absolute atomic E-state index is 0.0890. The van der Waals surface area contributed by atoms with E-state index in [1.165, 1.54) is 4.68 Å². The number of carbonyl (C=O) groups excluding carboxylic acids is 1. The third-order valence-corrected chi connectivity index (χ3v) is 5.79. The number of carbonyl (C=O) groups is 1. The Labute approximate surface area is 181 Å². The van der Waals surface area contributed by atoms with Gasteiger partial charge in [0.2, 0.25) is 5.91 Å². The van der Waals surface area contributed by atoms with E-state index in [0.29, 0.717) is 12.1 Å². The smallest absolute Gasteiger partial charge is 0.291 e. The highest BCUT2D eigenvalue weighted by molar-refractivity contribution is 6.07. The second-order valence-corrected chi connectivity index (χ2v) is 7.66. The van der Waals surface area contributed by atoms with Crippen LogP contribution in [0.25, 0.3) is 21.8 Å². The zero-order chi connectivity index (χ0) is 22.0. The molecule has 6 nitrogen and oxygen atoms in total. The van der Waals surface area contributed by atoms with Crippen LogP contribution in [-0.2, 0) is 24.3 Å². The molecule has 6 heteroatoms. The zero-order valence-corrected chi connectivity index (χ0v) is 18.3. The number of nitrogens with zero attached hydrogens (tertiary/aromatic N) is 4. The van der Waals surface area contributed by atoms with Crippen LogP contribution in [0.15, 0.2) is 59.5 Å². The van der Waals surface area contributed by atoms with Crippen LogP contribution in [0.3, 0.4) is 0 Å². The molecular formula is C25H28N4O2. The number of anilines is 1. The molecule has 0 spiro atoms. The summed E-state index contributed by atoms with van der Waals surface area (Å²) in [7, 11) is 0. The van der Waals surface area contributed by atoms with Crippen LogP contribution in [0.2, 0.25) is 0 Å². The molecule has 31 heavy (non-hydrogen) atoms. The first-order chi connectivity index (χ1) is 15.1. The van der Waals surface area contributed by atoms with E-state index in [0.717, 1.165) is 46.9 Å². The van der Waals surface area contributed by atoms with Crippen LogP contribution in [0.5, 0.6) is 0 Å². The number of aryl methyl sites for hydroxylation is 2. The van der Waals surface area contributed by atoms with Crippen molar-refractivity contribution in [2.24, 2.45) is 0 Å². The van der Waals surface area contributed by atoms with E-state index < -0.39 is 0 Å². The van der Waals surface area contributed by atoms with Gasteiger partial charge < -0.3 is 9.47 Å². The summed E-state index contributed by atoms with van der Waals surface area (Å²) in [5.41, 5.74) is 3.41. The lowest BCUT2D eigenvalue weighted by molar-refractivity contribution is -0.119. The summed E-state index contributed by atoms with van der Waals surface area (Å²) >= 11 is 0. The molecular weight excluding hydrogens is 388 g/mol. The van der Waals surface area contributed by atoms with Crippen molar-refractivity contribution in [2.45, 2.75) is 46.7 Å². The van der Waals surface area contributed by atoms with Gasteiger partial charge in [0.05, 0.1) is 6.20 Å². The largest absolute Gasteiger partial charge is 0.336 e. The first kappa shape index (κ1) is 20.8. The fourth-order valence-corrected chi connectivity index (χ4v) is 4.33. The molecule has 0 saturated heterocycles. The summed E-state index contributed by atoms with van der Waals surface area (Å²) in [6.45, 7) is 7.29. The topological polar surface area (TPSA) is 60.1 Å². The van der Waals surface area contributed by atoms with Crippen molar-refractivity contribution in [1.29, 1.82) is 0 Å². The quantitative estimate of drug-likeness (QED) is 0.449. The van der Waals surface area contributed by atoms with Crippen molar-refractivity contribution >= 4 is 33.4 Å². The molecule has 4 aromatic rings. The maximum Gasteiger partial charge on any atom is 0.291 e. The molecule has 2 aromatic heterocycles. The number of likely N-dealkylation sites (N-methyl/N-ethyl adjacent to an activating group) is 1.